The number of hydrogen-bond donors (Lipinski definition) is 1. The third-order valence-electron chi connectivity index (χ3n) is 4.02. The van der Waals surface area contributed by atoms with Crippen LogP contribution in [0, 0.1) is 5.92 Å². The van der Waals surface area contributed by atoms with Crippen molar-refractivity contribution < 1.29 is 4.79 Å². The molecule has 2 aromatic rings. The molecule has 1 atom stereocenters. The van der Waals surface area contributed by atoms with Gasteiger partial charge in [0.15, 0.2) is 0 Å². The molecule has 5 heteroatoms. The number of halogens is 1. The van der Waals surface area contributed by atoms with E-state index in [1.54, 1.807) is 23.6 Å². The van der Waals surface area contributed by atoms with E-state index in [-0.39, 0.29) is 11.9 Å². The van der Waals surface area contributed by atoms with Gasteiger partial charge in [-0.3, -0.25) is 9.78 Å². The molecule has 0 saturated heterocycles. The zero-order chi connectivity index (χ0) is 14.7. The zero-order valence-electron chi connectivity index (χ0n) is 11.6. The van der Waals surface area contributed by atoms with Crippen LogP contribution >= 0.6 is 22.9 Å². The summed E-state index contributed by atoms with van der Waals surface area (Å²) < 4.78 is 0. The second kappa shape index (κ2) is 6.58. The third kappa shape index (κ3) is 3.27. The van der Waals surface area contributed by atoms with Gasteiger partial charge in [-0.1, -0.05) is 30.5 Å². The number of aromatic nitrogens is 1. The molecule has 0 spiro atoms. The van der Waals surface area contributed by atoms with Crippen LogP contribution in [0.25, 0.3) is 0 Å². The Kier molecular flexibility index (Phi) is 4.56. The highest BCUT2D eigenvalue weighted by molar-refractivity contribution is 7.10. The lowest BCUT2D eigenvalue weighted by molar-refractivity contribution is 0.0922. The van der Waals surface area contributed by atoms with E-state index in [0.29, 0.717) is 16.5 Å². The number of carbonyl (C=O) groups is 1. The number of hydrogen-bond acceptors (Lipinski definition) is 3. The van der Waals surface area contributed by atoms with Crippen molar-refractivity contribution in [2.45, 2.75) is 31.7 Å². The molecule has 2 heterocycles. The van der Waals surface area contributed by atoms with Gasteiger partial charge in [-0.15, -0.1) is 11.3 Å². The monoisotopic (exact) mass is 320 g/mol. The normalized spacial score (nSPS) is 16.8. The van der Waals surface area contributed by atoms with Gasteiger partial charge in [-0.05, 0) is 36.3 Å². The highest BCUT2D eigenvalue weighted by atomic mass is 35.5. The summed E-state index contributed by atoms with van der Waals surface area (Å²) in [7, 11) is 0. The molecule has 1 aliphatic rings. The Bertz CT molecular complexity index is 608. The Morgan fingerprint density at radius 3 is 2.86 bits per heavy atom. The fourth-order valence-corrected chi connectivity index (χ4v) is 4.00. The first-order valence-corrected chi connectivity index (χ1v) is 8.45. The van der Waals surface area contributed by atoms with Crippen LogP contribution in [0.2, 0.25) is 5.02 Å². The minimum absolute atomic E-state index is 0.0799. The van der Waals surface area contributed by atoms with Crippen LogP contribution in [0.15, 0.2) is 36.0 Å². The second-order valence-corrected chi connectivity index (χ2v) is 6.75. The van der Waals surface area contributed by atoms with Gasteiger partial charge in [0.05, 0.1) is 16.6 Å². The molecule has 21 heavy (non-hydrogen) atoms. The van der Waals surface area contributed by atoms with Gasteiger partial charge in [0, 0.05) is 17.3 Å². The van der Waals surface area contributed by atoms with Crippen LogP contribution in [0.4, 0.5) is 0 Å². The van der Waals surface area contributed by atoms with Gasteiger partial charge in [-0.2, -0.15) is 0 Å². The number of pyridine rings is 1. The van der Waals surface area contributed by atoms with E-state index >= 15 is 0 Å². The van der Waals surface area contributed by atoms with E-state index in [1.807, 2.05) is 6.07 Å². The van der Waals surface area contributed by atoms with Crippen LogP contribution in [-0.4, -0.2) is 10.9 Å². The molecule has 2 aromatic heterocycles. The lowest BCUT2D eigenvalue weighted by Gasteiger charge is -2.24. The number of thiophene rings is 1. The van der Waals surface area contributed by atoms with Crippen molar-refractivity contribution in [1.82, 2.24) is 10.3 Å². The first-order chi connectivity index (χ1) is 10.3. The van der Waals surface area contributed by atoms with Crippen LogP contribution in [0.5, 0.6) is 0 Å². The van der Waals surface area contributed by atoms with E-state index in [1.165, 1.54) is 36.8 Å². The standard InChI is InChI=1S/C16H17ClN2OS/c17-13-7-8-18-10-12(13)16(20)19-15(11-4-1-2-5-11)14-6-3-9-21-14/h3,6-11,15H,1-2,4-5H2,(H,19,20). The van der Waals surface area contributed by atoms with Crippen LogP contribution in [0.1, 0.15) is 47.0 Å². The highest BCUT2D eigenvalue weighted by Crippen LogP contribution is 2.37. The number of amides is 1. The average Bonchev–Trinajstić information content (AvgIpc) is 3.18. The smallest absolute Gasteiger partial charge is 0.254 e. The van der Waals surface area contributed by atoms with Crippen LogP contribution < -0.4 is 5.32 Å². The SMILES string of the molecule is O=C(NC(c1cccs1)C1CCCC1)c1cnccc1Cl. The molecule has 1 amide bonds. The molecule has 3 rings (SSSR count). The fourth-order valence-electron chi connectivity index (χ4n) is 2.94. The summed E-state index contributed by atoms with van der Waals surface area (Å²) in [5.41, 5.74) is 0.443. The molecular formula is C16H17ClN2OS. The molecule has 110 valence electrons. The Hall–Kier alpha value is -1.39. The summed E-state index contributed by atoms with van der Waals surface area (Å²) in [6.07, 6.45) is 7.95. The Morgan fingerprint density at radius 1 is 1.38 bits per heavy atom. The largest absolute Gasteiger partial charge is 0.344 e. The van der Waals surface area contributed by atoms with Crippen LogP contribution in [-0.2, 0) is 0 Å². The van der Waals surface area contributed by atoms with E-state index in [2.05, 4.69) is 21.7 Å². The van der Waals surface area contributed by atoms with Crippen molar-refractivity contribution >= 4 is 28.8 Å². The lowest BCUT2D eigenvalue weighted by atomic mass is 9.96. The average molecular weight is 321 g/mol. The van der Waals surface area contributed by atoms with Gasteiger partial charge in [-0.25, -0.2) is 0 Å². The van der Waals surface area contributed by atoms with Crippen molar-refractivity contribution in [2.24, 2.45) is 5.92 Å². The lowest BCUT2D eigenvalue weighted by Crippen LogP contribution is -2.32. The minimum Gasteiger partial charge on any atom is -0.344 e. The molecule has 1 fully saturated rings. The van der Waals surface area contributed by atoms with Gasteiger partial charge in [0.2, 0.25) is 0 Å². The Balaban J connectivity index is 1.81. The topological polar surface area (TPSA) is 42.0 Å². The molecule has 1 N–H and O–H groups in total. The number of nitrogens with zero attached hydrogens (tertiary/aromatic N) is 1. The molecule has 0 bridgehead atoms. The van der Waals surface area contributed by atoms with Crippen molar-refractivity contribution in [3.63, 3.8) is 0 Å². The number of carbonyl (C=O) groups excluding carboxylic acids is 1. The van der Waals surface area contributed by atoms with Gasteiger partial charge < -0.3 is 5.32 Å². The van der Waals surface area contributed by atoms with Crippen molar-refractivity contribution in [1.29, 1.82) is 0 Å². The maximum absolute atomic E-state index is 12.5. The molecule has 0 aliphatic heterocycles. The summed E-state index contributed by atoms with van der Waals surface area (Å²) in [6.45, 7) is 0. The first kappa shape index (κ1) is 14.5. The Morgan fingerprint density at radius 2 is 2.19 bits per heavy atom. The molecule has 1 aliphatic carbocycles. The van der Waals surface area contributed by atoms with Gasteiger partial charge >= 0.3 is 0 Å². The van der Waals surface area contributed by atoms with E-state index in [9.17, 15) is 4.79 Å². The van der Waals surface area contributed by atoms with E-state index in [0.717, 1.165) is 0 Å². The molecule has 0 radical (unpaired) electrons. The maximum atomic E-state index is 12.5. The maximum Gasteiger partial charge on any atom is 0.254 e. The zero-order valence-corrected chi connectivity index (χ0v) is 13.2. The summed E-state index contributed by atoms with van der Waals surface area (Å²) in [6, 6.07) is 5.85. The fraction of sp³-hybridized carbons (Fsp3) is 0.375. The Labute approximate surface area is 133 Å². The van der Waals surface area contributed by atoms with Crippen LogP contribution in [0.3, 0.4) is 0 Å². The minimum atomic E-state index is -0.140. The van der Waals surface area contributed by atoms with Crippen molar-refractivity contribution in [3.05, 3.63) is 51.4 Å². The summed E-state index contributed by atoms with van der Waals surface area (Å²) in [4.78, 5) is 17.7. The van der Waals surface area contributed by atoms with Crippen molar-refractivity contribution in [3.8, 4) is 0 Å². The molecule has 1 unspecified atom stereocenters. The summed E-state index contributed by atoms with van der Waals surface area (Å²) >= 11 is 7.78. The van der Waals surface area contributed by atoms with Crippen molar-refractivity contribution in [2.75, 3.05) is 0 Å². The number of rotatable bonds is 4. The molecule has 1 saturated carbocycles. The molecule has 0 aromatic carbocycles. The molecular weight excluding hydrogens is 304 g/mol. The van der Waals surface area contributed by atoms with E-state index in [4.69, 9.17) is 11.6 Å². The first-order valence-electron chi connectivity index (χ1n) is 7.19. The van der Waals surface area contributed by atoms with Gasteiger partial charge in [0.25, 0.3) is 5.91 Å². The molecule has 3 nitrogen and oxygen atoms in total. The summed E-state index contributed by atoms with van der Waals surface area (Å²) in [5, 5.41) is 5.66. The predicted molar refractivity (Wildman–Crippen MR) is 85.7 cm³/mol. The predicted octanol–water partition coefficient (Wildman–Crippen LogP) is 4.46. The number of nitrogens with one attached hydrogen (secondary N) is 1. The third-order valence-corrected chi connectivity index (χ3v) is 5.31. The summed E-state index contributed by atoms with van der Waals surface area (Å²) in [5.74, 6) is 0.376. The van der Waals surface area contributed by atoms with E-state index < -0.39 is 0 Å². The highest BCUT2D eigenvalue weighted by Gasteiger charge is 2.29. The quantitative estimate of drug-likeness (QED) is 0.903. The second-order valence-electron chi connectivity index (χ2n) is 5.37. The van der Waals surface area contributed by atoms with Gasteiger partial charge in [0.1, 0.15) is 0 Å².